The number of ether oxygens (including phenoxy) is 1. The van der Waals surface area contributed by atoms with E-state index in [0.717, 1.165) is 12.1 Å². The van der Waals surface area contributed by atoms with Crippen molar-refractivity contribution in [2.24, 2.45) is 0 Å². The molecule has 4 nitrogen and oxygen atoms in total. The van der Waals surface area contributed by atoms with Crippen molar-refractivity contribution in [1.29, 1.82) is 5.26 Å². The van der Waals surface area contributed by atoms with Crippen LogP contribution in [-0.4, -0.2) is 30.4 Å². The van der Waals surface area contributed by atoms with Crippen molar-refractivity contribution in [3.05, 3.63) is 29.3 Å². The Hall–Kier alpha value is -1.78. The van der Waals surface area contributed by atoms with Gasteiger partial charge in [-0.2, -0.15) is 18.4 Å². The maximum atomic E-state index is 12.9. The monoisotopic (exact) mass is 302 g/mol. The first kappa shape index (κ1) is 17.3. The second-order valence-electron chi connectivity index (χ2n) is 4.89. The van der Waals surface area contributed by atoms with E-state index in [2.05, 4.69) is 5.32 Å². The second kappa shape index (κ2) is 6.78. The lowest BCUT2D eigenvalue weighted by atomic mass is 10.1. The molecule has 0 aliphatic heterocycles. The minimum Gasteiger partial charge on any atom is -0.490 e. The fourth-order valence-electron chi connectivity index (χ4n) is 1.63. The van der Waals surface area contributed by atoms with Crippen LogP contribution in [0.15, 0.2) is 18.2 Å². The molecule has 0 radical (unpaired) electrons. The van der Waals surface area contributed by atoms with Gasteiger partial charge >= 0.3 is 6.18 Å². The lowest BCUT2D eigenvalue weighted by molar-refractivity contribution is -0.139. The largest absolute Gasteiger partial charge is 0.490 e. The van der Waals surface area contributed by atoms with Gasteiger partial charge in [0.1, 0.15) is 18.0 Å². The Kier molecular flexibility index (Phi) is 5.58. The number of halogens is 3. The van der Waals surface area contributed by atoms with Gasteiger partial charge in [0, 0.05) is 6.54 Å². The molecular weight excluding hydrogens is 285 g/mol. The van der Waals surface area contributed by atoms with Crippen LogP contribution in [-0.2, 0) is 6.18 Å². The molecule has 0 amide bonds. The number of hydrogen-bond acceptors (Lipinski definition) is 4. The highest BCUT2D eigenvalue weighted by Gasteiger charge is 2.35. The molecule has 0 aliphatic rings. The van der Waals surface area contributed by atoms with Crippen LogP contribution >= 0.6 is 0 Å². The summed E-state index contributed by atoms with van der Waals surface area (Å²) in [5, 5.41) is 21.5. The fourth-order valence-corrected chi connectivity index (χ4v) is 1.63. The van der Waals surface area contributed by atoms with Gasteiger partial charge in [0.15, 0.2) is 0 Å². The van der Waals surface area contributed by atoms with Gasteiger partial charge < -0.3 is 15.2 Å². The van der Waals surface area contributed by atoms with Gasteiger partial charge in [0.05, 0.1) is 17.2 Å². The van der Waals surface area contributed by atoms with Gasteiger partial charge in [-0.3, -0.25) is 0 Å². The molecule has 0 aromatic heterocycles. The highest BCUT2D eigenvalue weighted by atomic mass is 19.4. The van der Waals surface area contributed by atoms with E-state index >= 15 is 0 Å². The number of likely N-dealkylation sites (N-methyl/N-ethyl adjacent to an activating group) is 1. The molecule has 116 valence electrons. The van der Waals surface area contributed by atoms with Crippen LogP contribution in [0.1, 0.15) is 25.0 Å². The lowest BCUT2D eigenvalue weighted by Gasteiger charge is -2.24. The van der Waals surface area contributed by atoms with E-state index in [9.17, 15) is 18.3 Å². The van der Waals surface area contributed by atoms with Crippen molar-refractivity contribution in [3.63, 3.8) is 0 Å². The van der Waals surface area contributed by atoms with Gasteiger partial charge in [0.2, 0.25) is 0 Å². The third-order valence-electron chi connectivity index (χ3n) is 2.71. The van der Waals surface area contributed by atoms with Crippen molar-refractivity contribution in [2.45, 2.75) is 25.6 Å². The van der Waals surface area contributed by atoms with E-state index in [1.807, 2.05) is 6.92 Å². The lowest BCUT2D eigenvalue weighted by Crippen LogP contribution is -2.42. The number of rotatable bonds is 6. The molecule has 1 unspecified atom stereocenters. The van der Waals surface area contributed by atoms with Crippen molar-refractivity contribution in [2.75, 3.05) is 19.7 Å². The molecule has 0 saturated heterocycles. The summed E-state index contributed by atoms with van der Waals surface area (Å²) in [5.41, 5.74) is -2.43. The number of benzene rings is 1. The molecule has 1 atom stereocenters. The number of nitrogens with zero attached hydrogens (tertiary/aromatic N) is 1. The molecule has 1 aromatic carbocycles. The summed E-state index contributed by atoms with van der Waals surface area (Å²) in [7, 11) is 0. The Morgan fingerprint density at radius 3 is 2.57 bits per heavy atom. The Labute approximate surface area is 121 Å². The van der Waals surface area contributed by atoms with Crippen molar-refractivity contribution >= 4 is 0 Å². The van der Waals surface area contributed by atoms with Crippen LogP contribution < -0.4 is 10.1 Å². The number of alkyl halides is 3. The minimum absolute atomic E-state index is 0.103. The molecule has 0 aliphatic carbocycles. The Morgan fingerprint density at radius 1 is 1.38 bits per heavy atom. The average molecular weight is 302 g/mol. The van der Waals surface area contributed by atoms with Gasteiger partial charge in [-0.15, -0.1) is 0 Å². The predicted octanol–water partition coefficient (Wildman–Crippen LogP) is 2.32. The molecule has 7 heteroatoms. The normalized spacial score (nSPS) is 14.3. The standard InChI is InChI=1S/C14H17F3N2O2/c1-3-19-8-13(2,20)9-21-12-5-4-10(7-18)6-11(12)14(15,16)17/h4-6,19-20H,3,8-9H2,1-2H3. The molecule has 1 aromatic rings. The first-order valence-electron chi connectivity index (χ1n) is 6.37. The number of aliphatic hydroxyl groups is 1. The van der Waals surface area contributed by atoms with Crippen LogP contribution in [0, 0.1) is 11.3 Å². The first-order chi connectivity index (χ1) is 9.69. The zero-order chi connectivity index (χ0) is 16.1. The van der Waals surface area contributed by atoms with Crippen LogP contribution in [0.4, 0.5) is 13.2 Å². The first-order valence-corrected chi connectivity index (χ1v) is 6.37. The maximum Gasteiger partial charge on any atom is 0.420 e. The van der Waals surface area contributed by atoms with E-state index in [1.165, 1.54) is 13.0 Å². The summed E-state index contributed by atoms with van der Waals surface area (Å²) in [4.78, 5) is 0. The molecular formula is C14H17F3N2O2. The van der Waals surface area contributed by atoms with Crippen LogP contribution in [0.25, 0.3) is 0 Å². The second-order valence-corrected chi connectivity index (χ2v) is 4.89. The van der Waals surface area contributed by atoms with E-state index in [1.54, 1.807) is 6.07 Å². The number of nitriles is 1. The zero-order valence-electron chi connectivity index (χ0n) is 11.8. The average Bonchev–Trinajstić information content (AvgIpc) is 2.42. The highest BCUT2D eigenvalue weighted by Crippen LogP contribution is 2.37. The van der Waals surface area contributed by atoms with Gasteiger partial charge in [0.25, 0.3) is 0 Å². The summed E-state index contributed by atoms with van der Waals surface area (Å²) >= 11 is 0. The highest BCUT2D eigenvalue weighted by molar-refractivity contribution is 5.43. The summed E-state index contributed by atoms with van der Waals surface area (Å²) in [6.45, 7) is 3.84. The van der Waals surface area contributed by atoms with Crippen molar-refractivity contribution in [3.8, 4) is 11.8 Å². The Balaban J connectivity index is 2.91. The van der Waals surface area contributed by atoms with E-state index in [0.29, 0.717) is 6.54 Å². The molecule has 21 heavy (non-hydrogen) atoms. The SMILES string of the molecule is CCNCC(C)(O)COc1ccc(C#N)cc1C(F)(F)F. The topological polar surface area (TPSA) is 65.3 Å². The van der Waals surface area contributed by atoms with Gasteiger partial charge in [-0.25, -0.2) is 0 Å². The third kappa shape index (κ3) is 5.25. The van der Waals surface area contributed by atoms with E-state index in [4.69, 9.17) is 10.00 Å². The molecule has 0 heterocycles. The number of nitrogens with one attached hydrogen (secondary N) is 1. The maximum absolute atomic E-state index is 12.9. The molecule has 1 rings (SSSR count). The van der Waals surface area contributed by atoms with E-state index in [-0.39, 0.29) is 18.7 Å². The molecule has 0 fully saturated rings. The van der Waals surface area contributed by atoms with E-state index < -0.39 is 23.1 Å². The molecule has 0 bridgehead atoms. The smallest absolute Gasteiger partial charge is 0.420 e. The molecule has 0 spiro atoms. The molecule has 0 saturated carbocycles. The van der Waals surface area contributed by atoms with Crippen LogP contribution in [0.3, 0.4) is 0 Å². The summed E-state index contributed by atoms with van der Waals surface area (Å²) in [6.07, 6.45) is -4.63. The van der Waals surface area contributed by atoms with Crippen LogP contribution in [0.5, 0.6) is 5.75 Å². The van der Waals surface area contributed by atoms with Crippen molar-refractivity contribution < 1.29 is 23.0 Å². The Morgan fingerprint density at radius 2 is 2.05 bits per heavy atom. The fraction of sp³-hybridized carbons (Fsp3) is 0.500. The van der Waals surface area contributed by atoms with Gasteiger partial charge in [-0.1, -0.05) is 6.92 Å². The Bertz CT molecular complexity index is 522. The van der Waals surface area contributed by atoms with Gasteiger partial charge in [-0.05, 0) is 31.7 Å². The number of hydrogen-bond donors (Lipinski definition) is 2. The third-order valence-corrected chi connectivity index (χ3v) is 2.71. The van der Waals surface area contributed by atoms with Crippen molar-refractivity contribution in [1.82, 2.24) is 5.32 Å². The summed E-state index contributed by atoms with van der Waals surface area (Å²) in [6, 6.07) is 4.71. The minimum atomic E-state index is -4.63. The summed E-state index contributed by atoms with van der Waals surface area (Å²) < 4.78 is 43.9. The summed E-state index contributed by atoms with van der Waals surface area (Å²) in [5.74, 6) is -0.404. The quantitative estimate of drug-likeness (QED) is 0.846. The molecule has 2 N–H and O–H groups in total. The predicted molar refractivity (Wildman–Crippen MR) is 70.8 cm³/mol. The zero-order valence-corrected chi connectivity index (χ0v) is 11.8. The van der Waals surface area contributed by atoms with Crippen LogP contribution in [0.2, 0.25) is 0 Å².